The number of benzene rings is 4. The summed E-state index contributed by atoms with van der Waals surface area (Å²) in [6.45, 7) is 0. The molecule has 0 aliphatic carbocycles. The first-order valence-corrected chi connectivity index (χ1v) is 12.1. The van der Waals surface area contributed by atoms with E-state index in [-0.39, 0.29) is 5.91 Å². The Hall–Kier alpha value is -2.72. The molecule has 32 heavy (non-hydrogen) atoms. The Balaban J connectivity index is 1.39. The number of rotatable bonds is 4. The van der Waals surface area contributed by atoms with Crippen LogP contribution in [0, 0.1) is 7.14 Å². The van der Waals surface area contributed by atoms with Gasteiger partial charge in [-0.2, -0.15) is 0 Å². The second-order valence-corrected chi connectivity index (χ2v) is 9.63. The summed E-state index contributed by atoms with van der Waals surface area (Å²) in [6, 6.07) is 29.7. The van der Waals surface area contributed by atoms with Gasteiger partial charge in [0.1, 0.15) is 5.52 Å². The number of hydrogen-bond acceptors (Lipinski definition) is 3. The van der Waals surface area contributed by atoms with Crippen LogP contribution >= 0.6 is 45.2 Å². The number of oxazole rings is 1. The lowest BCUT2D eigenvalue weighted by atomic mass is 10.0. The smallest absolute Gasteiger partial charge is 0.256 e. The lowest BCUT2D eigenvalue weighted by molar-refractivity contribution is 0.102. The zero-order chi connectivity index (χ0) is 22.1. The predicted octanol–water partition coefficient (Wildman–Crippen LogP) is 7.62. The zero-order valence-electron chi connectivity index (χ0n) is 16.7. The van der Waals surface area contributed by atoms with Gasteiger partial charge in [0, 0.05) is 18.4 Å². The molecule has 1 N–H and O–H groups in total. The van der Waals surface area contributed by atoms with Gasteiger partial charge < -0.3 is 9.73 Å². The molecule has 0 saturated carbocycles. The number of nitrogens with zero attached hydrogens (tertiary/aromatic N) is 1. The summed E-state index contributed by atoms with van der Waals surface area (Å²) in [5.74, 6) is 0.405. The number of aromatic nitrogens is 1. The monoisotopic (exact) mass is 642 g/mol. The van der Waals surface area contributed by atoms with Gasteiger partial charge in [-0.05, 0) is 105 Å². The number of hydrogen-bond donors (Lipinski definition) is 1. The van der Waals surface area contributed by atoms with Crippen molar-refractivity contribution in [1.29, 1.82) is 0 Å². The van der Waals surface area contributed by atoms with Gasteiger partial charge in [-0.1, -0.05) is 42.5 Å². The molecule has 156 valence electrons. The molecular formula is C26H16I2N2O2. The van der Waals surface area contributed by atoms with Crippen molar-refractivity contribution in [2.75, 3.05) is 5.32 Å². The molecule has 4 nitrogen and oxygen atoms in total. The summed E-state index contributed by atoms with van der Waals surface area (Å²) < 4.78 is 7.88. The maximum Gasteiger partial charge on any atom is 0.256 e. The van der Waals surface area contributed by atoms with Crippen molar-refractivity contribution in [3.8, 4) is 22.6 Å². The highest BCUT2D eigenvalue weighted by atomic mass is 127. The molecule has 5 aromatic rings. The van der Waals surface area contributed by atoms with Gasteiger partial charge >= 0.3 is 0 Å². The molecule has 0 atom stereocenters. The number of carbonyl (C=O) groups is 1. The van der Waals surface area contributed by atoms with Crippen LogP contribution in [0.3, 0.4) is 0 Å². The molecule has 0 fully saturated rings. The van der Waals surface area contributed by atoms with Crippen LogP contribution in [0.1, 0.15) is 10.4 Å². The van der Waals surface area contributed by atoms with Crippen LogP contribution in [-0.2, 0) is 0 Å². The van der Waals surface area contributed by atoms with Crippen molar-refractivity contribution >= 4 is 67.9 Å². The Bertz CT molecular complexity index is 1430. The Labute approximate surface area is 212 Å². The molecule has 1 amide bonds. The molecule has 0 unspecified atom stereocenters. The maximum absolute atomic E-state index is 12.7. The van der Waals surface area contributed by atoms with Gasteiger partial charge in [0.15, 0.2) is 5.58 Å². The molecule has 0 saturated heterocycles. The molecule has 1 aromatic heterocycles. The van der Waals surface area contributed by atoms with E-state index < -0.39 is 0 Å². The minimum absolute atomic E-state index is 0.146. The first kappa shape index (κ1) is 21.1. The van der Waals surface area contributed by atoms with Crippen LogP contribution in [-0.4, -0.2) is 10.9 Å². The van der Waals surface area contributed by atoms with E-state index in [1.165, 1.54) is 5.56 Å². The molecule has 0 bridgehead atoms. The fraction of sp³-hybridized carbons (Fsp3) is 0. The summed E-state index contributed by atoms with van der Waals surface area (Å²) in [7, 11) is 0. The molecule has 0 spiro atoms. The highest BCUT2D eigenvalue weighted by molar-refractivity contribution is 14.1. The van der Waals surface area contributed by atoms with Crippen LogP contribution in [0.4, 0.5) is 5.69 Å². The van der Waals surface area contributed by atoms with Gasteiger partial charge in [-0.15, -0.1) is 0 Å². The van der Waals surface area contributed by atoms with Crippen molar-refractivity contribution in [2.24, 2.45) is 0 Å². The average molecular weight is 642 g/mol. The minimum Gasteiger partial charge on any atom is -0.436 e. The number of amides is 1. The van der Waals surface area contributed by atoms with Gasteiger partial charge in [0.25, 0.3) is 5.91 Å². The quantitative estimate of drug-likeness (QED) is 0.205. The van der Waals surface area contributed by atoms with E-state index in [9.17, 15) is 4.79 Å². The molecule has 0 aliphatic heterocycles. The van der Waals surface area contributed by atoms with Crippen LogP contribution in [0.5, 0.6) is 0 Å². The number of anilines is 1. The lowest BCUT2D eigenvalue weighted by Gasteiger charge is -2.07. The lowest BCUT2D eigenvalue weighted by Crippen LogP contribution is -2.13. The van der Waals surface area contributed by atoms with Gasteiger partial charge in [-0.3, -0.25) is 4.79 Å². The third kappa shape index (κ3) is 4.42. The highest BCUT2D eigenvalue weighted by Crippen LogP contribution is 2.29. The van der Waals surface area contributed by atoms with Crippen molar-refractivity contribution in [3.63, 3.8) is 0 Å². The standard InChI is InChI=1S/C26H16I2N2O2/c27-19-10-12-22(28)21(14-19)25(31)29-20-11-13-24-23(15-20)30-26(32-24)18-8-6-17(7-9-18)16-4-2-1-3-5-16/h1-15H,(H,29,31). The zero-order valence-corrected chi connectivity index (χ0v) is 21.0. The van der Waals surface area contributed by atoms with Crippen LogP contribution in [0.25, 0.3) is 33.7 Å². The normalized spacial score (nSPS) is 10.9. The number of carbonyl (C=O) groups excluding carboxylic acids is 1. The fourth-order valence-electron chi connectivity index (χ4n) is 3.43. The molecule has 4 aromatic carbocycles. The first-order valence-electron chi connectivity index (χ1n) is 9.90. The first-order chi connectivity index (χ1) is 15.6. The van der Waals surface area contributed by atoms with Gasteiger partial charge in [0.05, 0.1) is 5.56 Å². The Morgan fingerprint density at radius 3 is 2.28 bits per heavy atom. The van der Waals surface area contributed by atoms with E-state index in [4.69, 9.17) is 4.42 Å². The molecule has 6 heteroatoms. The van der Waals surface area contributed by atoms with Crippen molar-refractivity contribution in [3.05, 3.63) is 104 Å². The van der Waals surface area contributed by atoms with E-state index in [0.717, 1.165) is 18.3 Å². The van der Waals surface area contributed by atoms with E-state index in [0.29, 0.717) is 28.2 Å². The van der Waals surface area contributed by atoms with Crippen LogP contribution < -0.4 is 5.32 Å². The van der Waals surface area contributed by atoms with Gasteiger partial charge in [-0.25, -0.2) is 4.98 Å². The van der Waals surface area contributed by atoms with Crippen molar-refractivity contribution in [2.45, 2.75) is 0 Å². The maximum atomic E-state index is 12.7. The number of nitrogens with one attached hydrogen (secondary N) is 1. The van der Waals surface area contributed by atoms with E-state index >= 15 is 0 Å². The summed E-state index contributed by atoms with van der Waals surface area (Å²) >= 11 is 4.38. The Kier molecular flexibility index (Phi) is 5.97. The second kappa shape index (κ2) is 9.03. The third-order valence-electron chi connectivity index (χ3n) is 5.06. The largest absolute Gasteiger partial charge is 0.436 e. The Morgan fingerprint density at radius 1 is 0.781 bits per heavy atom. The summed E-state index contributed by atoms with van der Waals surface area (Å²) in [4.78, 5) is 17.4. The second-order valence-electron chi connectivity index (χ2n) is 7.22. The molecule has 0 aliphatic rings. The molecule has 1 heterocycles. The fourth-order valence-corrected chi connectivity index (χ4v) is 4.51. The third-order valence-corrected chi connectivity index (χ3v) is 6.67. The highest BCUT2D eigenvalue weighted by Gasteiger charge is 2.13. The molecule has 0 radical (unpaired) electrons. The average Bonchev–Trinajstić information content (AvgIpc) is 3.25. The number of halogens is 2. The summed E-state index contributed by atoms with van der Waals surface area (Å²) in [5.41, 5.74) is 5.91. The van der Waals surface area contributed by atoms with E-state index in [1.807, 2.05) is 66.7 Å². The van der Waals surface area contributed by atoms with Crippen LogP contribution in [0.2, 0.25) is 0 Å². The summed E-state index contributed by atoms with van der Waals surface area (Å²) in [5, 5.41) is 2.96. The topological polar surface area (TPSA) is 55.1 Å². The number of fused-ring (bicyclic) bond motifs is 1. The van der Waals surface area contributed by atoms with E-state index in [2.05, 4.69) is 79.7 Å². The molecule has 5 rings (SSSR count). The van der Waals surface area contributed by atoms with Crippen molar-refractivity contribution < 1.29 is 9.21 Å². The Morgan fingerprint density at radius 2 is 1.50 bits per heavy atom. The van der Waals surface area contributed by atoms with Crippen molar-refractivity contribution in [1.82, 2.24) is 4.98 Å². The molecular weight excluding hydrogens is 626 g/mol. The van der Waals surface area contributed by atoms with Gasteiger partial charge in [0.2, 0.25) is 5.89 Å². The van der Waals surface area contributed by atoms with Crippen LogP contribution in [0.15, 0.2) is 95.4 Å². The summed E-state index contributed by atoms with van der Waals surface area (Å²) in [6.07, 6.45) is 0. The van der Waals surface area contributed by atoms with E-state index in [1.54, 1.807) is 0 Å². The SMILES string of the molecule is O=C(Nc1ccc2oc(-c3ccc(-c4ccccc4)cc3)nc2c1)c1cc(I)ccc1I. The predicted molar refractivity (Wildman–Crippen MR) is 145 cm³/mol. The minimum atomic E-state index is -0.146.